The topological polar surface area (TPSA) is 51.5 Å². The minimum absolute atomic E-state index is 0.0462. The standard InChI is InChI=1S/C13H16FNO3S/c1-9(2)18-11-5-3-4-10-13(11)12(19(16)17)8-15(10)7-6-14/h3-5,8-9H,6-7H2,1-2H3,(H,16,17). The normalized spacial score (nSPS) is 13.1. The molecular weight excluding hydrogens is 269 g/mol. The molecule has 1 unspecified atom stereocenters. The minimum Gasteiger partial charge on any atom is -0.490 e. The first kappa shape index (κ1) is 14.0. The van der Waals surface area contributed by atoms with Gasteiger partial charge in [-0.25, -0.2) is 8.60 Å². The molecule has 4 nitrogen and oxygen atoms in total. The maximum atomic E-state index is 12.5. The largest absolute Gasteiger partial charge is 0.490 e. The van der Waals surface area contributed by atoms with Crippen molar-refractivity contribution in [1.82, 2.24) is 4.57 Å². The van der Waals surface area contributed by atoms with Crippen LogP contribution in [0.3, 0.4) is 0 Å². The highest BCUT2D eigenvalue weighted by Crippen LogP contribution is 2.33. The number of halogens is 1. The number of fused-ring (bicyclic) bond motifs is 1. The molecule has 1 aromatic carbocycles. The van der Waals surface area contributed by atoms with Crippen LogP contribution in [0, 0.1) is 0 Å². The quantitative estimate of drug-likeness (QED) is 0.859. The molecule has 0 aliphatic rings. The lowest BCUT2D eigenvalue weighted by atomic mass is 10.2. The molecular formula is C13H16FNO3S. The fraction of sp³-hybridized carbons (Fsp3) is 0.385. The van der Waals surface area contributed by atoms with Crippen LogP contribution in [0.5, 0.6) is 5.75 Å². The van der Waals surface area contributed by atoms with E-state index in [1.165, 1.54) is 6.20 Å². The first-order chi connectivity index (χ1) is 9.04. The van der Waals surface area contributed by atoms with Crippen molar-refractivity contribution in [2.24, 2.45) is 0 Å². The average Bonchev–Trinajstić information content (AvgIpc) is 2.69. The number of aryl methyl sites for hydroxylation is 1. The second kappa shape index (κ2) is 5.71. The number of rotatable bonds is 5. The molecule has 6 heteroatoms. The third-order valence-electron chi connectivity index (χ3n) is 2.71. The van der Waals surface area contributed by atoms with Crippen molar-refractivity contribution in [2.75, 3.05) is 6.67 Å². The van der Waals surface area contributed by atoms with E-state index in [0.717, 1.165) is 0 Å². The monoisotopic (exact) mass is 285 g/mol. The van der Waals surface area contributed by atoms with Crippen LogP contribution < -0.4 is 4.74 Å². The number of aromatic nitrogens is 1. The van der Waals surface area contributed by atoms with E-state index in [1.807, 2.05) is 13.8 Å². The van der Waals surface area contributed by atoms with Gasteiger partial charge in [-0.1, -0.05) is 6.07 Å². The van der Waals surface area contributed by atoms with Crippen LogP contribution in [0.15, 0.2) is 29.3 Å². The van der Waals surface area contributed by atoms with Gasteiger partial charge in [-0.3, -0.25) is 0 Å². The summed E-state index contributed by atoms with van der Waals surface area (Å²) in [6, 6.07) is 5.33. The maximum Gasteiger partial charge on any atom is 0.188 e. The summed E-state index contributed by atoms with van der Waals surface area (Å²) in [6.45, 7) is 3.38. The smallest absolute Gasteiger partial charge is 0.188 e. The number of ether oxygens (including phenoxy) is 1. The van der Waals surface area contributed by atoms with Crippen molar-refractivity contribution in [3.05, 3.63) is 24.4 Å². The van der Waals surface area contributed by atoms with Gasteiger partial charge in [0.15, 0.2) is 11.1 Å². The molecule has 0 radical (unpaired) electrons. The molecule has 104 valence electrons. The molecule has 0 aliphatic carbocycles. The van der Waals surface area contributed by atoms with Crippen molar-refractivity contribution in [2.45, 2.75) is 31.4 Å². The fourth-order valence-corrected chi connectivity index (χ4v) is 2.64. The van der Waals surface area contributed by atoms with Gasteiger partial charge in [0.1, 0.15) is 12.4 Å². The molecule has 0 saturated carbocycles. The highest BCUT2D eigenvalue weighted by molar-refractivity contribution is 7.79. The summed E-state index contributed by atoms with van der Waals surface area (Å²) in [7, 11) is 0. The Hall–Kier alpha value is -1.40. The summed E-state index contributed by atoms with van der Waals surface area (Å²) in [4.78, 5) is 0.250. The third kappa shape index (κ3) is 2.79. The number of nitrogens with zero attached hydrogens (tertiary/aromatic N) is 1. The van der Waals surface area contributed by atoms with Crippen LogP contribution in [-0.2, 0) is 17.6 Å². The van der Waals surface area contributed by atoms with Crippen molar-refractivity contribution in [3.63, 3.8) is 0 Å². The van der Waals surface area contributed by atoms with E-state index in [0.29, 0.717) is 16.7 Å². The molecule has 1 aromatic heterocycles. The molecule has 0 spiro atoms. The van der Waals surface area contributed by atoms with Gasteiger partial charge < -0.3 is 13.9 Å². The number of hydrogen-bond donors (Lipinski definition) is 1. The molecule has 1 heterocycles. The van der Waals surface area contributed by atoms with Gasteiger partial charge in [0.05, 0.1) is 28.4 Å². The van der Waals surface area contributed by atoms with Gasteiger partial charge in [0.2, 0.25) is 0 Å². The zero-order valence-corrected chi connectivity index (χ0v) is 11.6. The molecule has 0 fully saturated rings. The minimum atomic E-state index is -2.13. The molecule has 19 heavy (non-hydrogen) atoms. The Labute approximate surface area is 113 Å². The second-order valence-corrected chi connectivity index (χ2v) is 5.38. The SMILES string of the molecule is CC(C)Oc1cccc2c1c(S(=O)O)cn2CCF. The van der Waals surface area contributed by atoms with E-state index in [4.69, 9.17) is 4.74 Å². The van der Waals surface area contributed by atoms with E-state index < -0.39 is 17.8 Å². The molecule has 0 aliphatic heterocycles. The number of alkyl halides is 1. The third-order valence-corrected chi connectivity index (χ3v) is 3.40. The molecule has 1 N–H and O–H groups in total. The average molecular weight is 285 g/mol. The van der Waals surface area contributed by atoms with Gasteiger partial charge in [-0.2, -0.15) is 0 Å². The van der Waals surface area contributed by atoms with Crippen LogP contribution in [0.4, 0.5) is 4.39 Å². The zero-order valence-electron chi connectivity index (χ0n) is 10.8. The summed E-state index contributed by atoms with van der Waals surface area (Å²) in [6.07, 6.45) is 1.46. The summed E-state index contributed by atoms with van der Waals surface area (Å²) >= 11 is -2.13. The number of hydrogen-bond acceptors (Lipinski definition) is 2. The van der Waals surface area contributed by atoms with Gasteiger partial charge in [-0.15, -0.1) is 0 Å². The van der Waals surface area contributed by atoms with Gasteiger partial charge >= 0.3 is 0 Å². The highest BCUT2D eigenvalue weighted by atomic mass is 32.2. The molecule has 0 bridgehead atoms. The number of benzene rings is 1. The highest BCUT2D eigenvalue weighted by Gasteiger charge is 2.17. The van der Waals surface area contributed by atoms with Gasteiger partial charge in [-0.05, 0) is 26.0 Å². The molecule has 0 saturated heterocycles. The summed E-state index contributed by atoms with van der Waals surface area (Å²) in [5, 5.41) is 0.575. The zero-order chi connectivity index (χ0) is 14.0. The lowest BCUT2D eigenvalue weighted by Gasteiger charge is -2.11. The fourth-order valence-electron chi connectivity index (χ4n) is 2.04. The van der Waals surface area contributed by atoms with Crippen LogP contribution in [0.2, 0.25) is 0 Å². The van der Waals surface area contributed by atoms with Crippen molar-refractivity contribution >= 4 is 22.0 Å². The first-order valence-electron chi connectivity index (χ1n) is 6.00. The van der Waals surface area contributed by atoms with E-state index in [-0.39, 0.29) is 17.5 Å². The van der Waals surface area contributed by atoms with Crippen molar-refractivity contribution in [3.8, 4) is 5.75 Å². The Balaban J connectivity index is 2.67. The second-order valence-electron chi connectivity index (χ2n) is 4.44. The van der Waals surface area contributed by atoms with Crippen LogP contribution in [0.25, 0.3) is 10.9 Å². The molecule has 0 amide bonds. The van der Waals surface area contributed by atoms with E-state index in [9.17, 15) is 13.2 Å². The molecule has 2 aromatic rings. The van der Waals surface area contributed by atoms with E-state index >= 15 is 0 Å². The summed E-state index contributed by atoms with van der Waals surface area (Å²) in [5.41, 5.74) is 0.702. The Morgan fingerprint density at radius 3 is 2.79 bits per heavy atom. The van der Waals surface area contributed by atoms with Crippen LogP contribution in [0.1, 0.15) is 13.8 Å². The van der Waals surface area contributed by atoms with Crippen molar-refractivity contribution in [1.29, 1.82) is 0 Å². The predicted octanol–water partition coefficient (Wildman–Crippen LogP) is 2.98. The summed E-state index contributed by atoms with van der Waals surface area (Å²) < 4.78 is 40.6. The Bertz CT molecular complexity index is 609. The lowest BCUT2D eigenvalue weighted by Crippen LogP contribution is -2.06. The first-order valence-corrected chi connectivity index (χ1v) is 7.10. The Morgan fingerprint density at radius 2 is 2.21 bits per heavy atom. The molecule has 1 atom stereocenters. The Kier molecular flexibility index (Phi) is 4.21. The molecule has 2 rings (SSSR count). The lowest BCUT2D eigenvalue weighted by molar-refractivity contribution is 0.245. The van der Waals surface area contributed by atoms with Gasteiger partial charge in [0, 0.05) is 6.20 Å². The van der Waals surface area contributed by atoms with Crippen LogP contribution in [-0.4, -0.2) is 26.1 Å². The van der Waals surface area contributed by atoms with Gasteiger partial charge in [0.25, 0.3) is 0 Å². The van der Waals surface area contributed by atoms with Crippen molar-refractivity contribution < 1.29 is 17.9 Å². The summed E-state index contributed by atoms with van der Waals surface area (Å²) in [5.74, 6) is 0.544. The van der Waals surface area contributed by atoms with Crippen LogP contribution >= 0.6 is 0 Å². The Morgan fingerprint density at radius 1 is 1.47 bits per heavy atom. The maximum absolute atomic E-state index is 12.5. The van der Waals surface area contributed by atoms with E-state index in [2.05, 4.69) is 0 Å². The van der Waals surface area contributed by atoms with E-state index in [1.54, 1.807) is 22.8 Å². The predicted molar refractivity (Wildman–Crippen MR) is 72.7 cm³/mol.